The van der Waals surface area contributed by atoms with Crippen LogP contribution in [-0.4, -0.2) is 24.5 Å². The van der Waals surface area contributed by atoms with Crippen molar-refractivity contribution in [2.45, 2.75) is 33.4 Å². The van der Waals surface area contributed by atoms with Crippen LogP contribution >= 0.6 is 0 Å². The van der Waals surface area contributed by atoms with E-state index in [0.717, 1.165) is 32.1 Å². The zero-order valence-electron chi connectivity index (χ0n) is 11.1. The Morgan fingerprint density at radius 3 is 2.41 bits per heavy atom. The van der Waals surface area contributed by atoms with E-state index in [2.05, 4.69) is 48.3 Å². The minimum absolute atomic E-state index is 0.756. The Morgan fingerprint density at radius 1 is 1.18 bits per heavy atom. The van der Waals surface area contributed by atoms with E-state index in [1.54, 1.807) is 0 Å². The number of hydrogen-bond acceptors (Lipinski definition) is 2. The summed E-state index contributed by atoms with van der Waals surface area (Å²) in [5.41, 5.74) is 3.03. The third-order valence-corrected chi connectivity index (χ3v) is 3.29. The molecule has 17 heavy (non-hydrogen) atoms. The smallest absolute Gasteiger partial charge is 0.0240 e. The number of rotatable bonds is 6. The van der Waals surface area contributed by atoms with Gasteiger partial charge in [0.05, 0.1) is 0 Å². The number of benzene rings is 1. The maximum atomic E-state index is 3.50. The standard InChI is InChI=1S/C15H24N2/c1-13(2)10-16-8-5-9-17-11-14-6-3-4-7-15(14)12-17/h3-4,6-7,13,16H,5,8-12H2,1-2H3. The molecule has 2 nitrogen and oxygen atoms in total. The summed E-state index contributed by atoms with van der Waals surface area (Å²) in [6.07, 6.45) is 1.25. The number of hydrogen-bond donors (Lipinski definition) is 1. The average Bonchev–Trinajstić information content (AvgIpc) is 2.70. The van der Waals surface area contributed by atoms with E-state index < -0.39 is 0 Å². The van der Waals surface area contributed by atoms with Crippen LogP contribution in [0.15, 0.2) is 24.3 Å². The lowest BCUT2D eigenvalue weighted by atomic mass is 10.1. The monoisotopic (exact) mass is 232 g/mol. The van der Waals surface area contributed by atoms with Gasteiger partial charge >= 0.3 is 0 Å². The van der Waals surface area contributed by atoms with Gasteiger partial charge in [-0.2, -0.15) is 0 Å². The van der Waals surface area contributed by atoms with Crippen molar-refractivity contribution in [3.05, 3.63) is 35.4 Å². The lowest BCUT2D eigenvalue weighted by Crippen LogP contribution is -2.25. The lowest BCUT2D eigenvalue weighted by Gasteiger charge is -2.15. The maximum Gasteiger partial charge on any atom is 0.0240 e. The molecule has 0 amide bonds. The minimum atomic E-state index is 0.756. The molecule has 94 valence electrons. The van der Waals surface area contributed by atoms with Gasteiger partial charge in [0.25, 0.3) is 0 Å². The topological polar surface area (TPSA) is 15.3 Å². The van der Waals surface area contributed by atoms with Crippen LogP contribution in [0.1, 0.15) is 31.4 Å². The SMILES string of the molecule is CC(C)CNCCCN1Cc2ccccc2C1. The van der Waals surface area contributed by atoms with Gasteiger partial charge in [0, 0.05) is 19.6 Å². The largest absolute Gasteiger partial charge is 0.316 e. The van der Waals surface area contributed by atoms with Gasteiger partial charge in [-0.05, 0) is 36.6 Å². The molecule has 0 atom stereocenters. The van der Waals surface area contributed by atoms with Gasteiger partial charge < -0.3 is 5.32 Å². The fourth-order valence-electron chi connectivity index (χ4n) is 2.38. The van der Waals surface area contributed by atoms with E-state index in [-0.39, 0.29) is 0 Å². The van der Waals surface area contributed by atoms with Crippen LogP contribution in [0.25, 0.3) is 0 Å². The predicted molar refractivity (Wildman–Crippen MR) is 72.9 cm³/mol. The summed E-state index contributed by atoms with van der Waals surface area (Å²) in [5, 5.41) is 3.50. The van der Waals surface area contributed by atoms with E-state index in [4.69, 9.17) is 0 Å². The summed E-state index contributed by atoms with van der Waals surface area (Å²) in [6.45, 7) is 10.3. The molecule has 0 aliphatic carbocycles. The quantitative estimate of drug-likeness (QED) is 0.759. The van der Waals surface area contributed by atoms with Gasteiger partial charge in [0.2, 0.25) is 0 Å². The highest BCUT2D eigenvalue weighted by molar-refractivity contribution is 5.30. The van der Waals surface area contributed by atoms with Crippen molar-refractivity contribution in [3.63, 3.8) is 0 Å². The number of fused-ring (bicyclic) bond motifs is 1. The zero-order valence-corrected chi connectivity index (χ0v) is 11.1. The van der Waals surface area contributed by atoms with E-state index in [9.17, 15) is 0 Å². The molecule has 0 aromatic heterocycles. The Kier molecular flexibility index (Phi) is 4.57. The Bertz CT molecular complexity index is 322. The van der Waals surface area contributed by atoms with Crippen molar-refractivity contribution in [1.29, 1.82) is 0 Å². The molecule has 0 spiro atoms. The molecule has 1 aliphatic heterocycles. The van der Waals surface area contributed by atoms with E-state index in [1.807, 2.05) is 0 Å². The lowest BCUT2D eigenvalue weighted by molar-refractivity contribution is 0.278. The molecule has 1 N–H and O–H groups in total. The van der Waals surface area contributed by atoms with E-state index in [1.165, 1.54) is 24.1 Å². The first-order valence-corrected chi connectivity index (χ1v) is 6.75. The first kappa shape index (κ1) is 12.6. The molecular formula is C15H24N2. The van der Waals surface area contributed by atoms with Crippen LogP contribution in [0, 0.1) is 5.92 Å². The Labute approximate surface area is 105 Å². The highest BCUT2D eigenvalue weighted by Gasteiger charge is 2.16. The molecule has 0 unspecified atom stereocenters. The van der Waals surface area contributed by atoms with Crippen LogP contribution in [0.2, 0.25) is 0 Å². The second-order valence-electron chi connectivity index (χ2n) is 5.43. The van der Waals surface area contributed by atoms with Gasteiger partial charge in [-0.1, -0.05) is 38.1 Å². The van der Waals surface area contributed by atoms with Crippen LogP contribution in [-0.2, 0) is 13.1 Å². The number of nitrogens with zero attached hydrogens (tertiary/aromatic N) is 1. The van der Waals surface area contributed by atoms with Crippen molar-refractivity contribution < 1.29 is 0 Å². The van der Waals surface area contributed by atoms with Crippen molar-refractivity contribution in [2.24, 2.45) is 5.92 Å². The van der Waals surface area contributed by atoms with Gasteiger partial charge in [0.15, 0.2) is 0 Å². The molecule has 0 fully saturated rings. The highest BCUT2D eigenvalue weighted by atomic mass is 15.1. The maximum absolute atomic E-state index is 3.50. The first-order valence-electron chi connectivity index (χ1n) is 6.75. The third-order valence-electron chi connectivity index (χ3n) is 3.29. The molecule has 2 heteroatoms. The summed E-state index contributed by atoms with van der Waals surface area (Å²) in [4.78, 5) is 2.54. The normalized spacial score (nSPS) is 15.5. The van der Waals surface area contributed by atoms with Crippen molar-refractivity contribution in [3.8, 4) is 0 Å². The van der Waals surface area contributed by atoms with E-state index >= 15 is 0 Å². The second-order valence-corrected chi connectivity index (χ2v) is 5.43. The van der Waals surface area contributed by atoms with E-state index in [0.29, 0.717) is 0 Å². The fraction of sp³-hybridized carbons (Fsp3) is 0.600. The second kappa shape index (κ2) is 6.18. The summed E-state index contributed by atoms with van der Waals surface area (Å²) < 4.78 is 0. The molecular weight excluding hydrogens is 208 g/mol. The van der Waals surface area contributed by atoms with Gasteiger partial charge in [0.1, 0.15) is 0 Å². The Hall–Kier alpha value is -0.860. The number of nitrogens with one attached hydrogen (secondary N) is 1. The molecule has 2 rings (SSSR count). The zero-order chi connectivity index (χ0) is 12.1. The third kappa shape index (κ3) is 3.83. The first-order chi connectivity index (χ1) is 8.25. The highest BCUT2D eigenvalue weighted by Crippen LogP contribution is 2.21. The summed E-state index contributed by atoms with van der Waals surface area (Å²) in [6, 6.07) is 8.80. The van der Waals surface area contributed by atoms with Crippen molar-refractivity contribution >= 4 is 0 Å². The van der Waals surface area contributed by atoms with Crippen LogP contribution in [0.4, 0.5) is 0 Å². The minimum Gasteiger partial charge on any atom is -0.316 e. The van der Waals surface area contributed by atoms with Crippen LogP contribution in [0.5, 0.6) is 0 Å². The summed E-state index contributed by atoms with van der Waals surface area (Å²) >= 11 is 0. The molecule has 0 saturated carbocycles. The van der Waals surface area contributed by atoms with Crippen molar-refractivity contribution in [1.82, 2.24) is 10.2 Å². The molecule has 0 saturated heterocycles. The Balaban J connectivity index is 1.63. The molecule has 1 aliphatic rings. The molecule has 1 heterocycles. The molecule has 0 bridgehead atoms. The average molecular weight is 232 g/mol. The van der Waals surface area contributed by atoms with Gasteiger partial charge in [-0.15, -0.1) is 0 Å². The van der Waals surface area contributed by atoms with Crippen molar-refractivity contribution in [2.75, 3.05) is 19.6 Å². The predicted octanol–water partition coefficient (Wildman–Crippen LogP) is 2.64. The summed E-state index contributed by atoms with van der Waals surface area (Å²) in [5.74, 6) is 0.756. The van der Waals surface area contributed by atoms with Crippen LogP contribution in [0.3, 0.4) is 0 Å². The molecule has 0 radical (unpaired) electrons. The molecule has 1 aromatic rings. The fourth-order valence-corrected chi connectivity index (χ4v) is 2.38. The van der Waals surface area contributed by atoms with Gasteiger partial charge in [-0.3, -0.25) is 4.90 Å². The summed E-state index contributed by atoms with van der Waals surface area (Å²) in [7, 11) is 0. The molecule has 1 aromatic carbocycles. The van der Waals surface area contributed by atoms with Gasteiger partial charge in [-0.25, -0.2) is 0 Å². The Morgan fingerprint density at radius 2 is 1.82 bits per heavy atom. The van der Waals surface area contributed by atoms with Crippen LogP contribution < -0.4 is 5.32 Å².